The molecule has 1 saturated carbocycles. The molecule has 1 fully saturated rings. The van der Waals surface area contributed by atoms with Gasteiger partial charge in [0.1, 0.15) is 0 Å². The Bertz CT molecular complexity index is 138. The number of nitrogens with two attached hydrogens (primary N) is 1. The highest BCUT2D eigenvalue weighted by Crippen LogP contribution is 2.33. The zero-order chi connectivity index (χ0) is 7.56. The molecule has 0 aromatic heterocycles. The first kappa shape index (κ1) is 7.50. The Morgan fingerprint density at radius 3 is 3.10 bits per heavy atom. The standard InChI is InChI=1S/C6H12N2O2/c1-2-10-5-3-4(5)6(9)8-7/h4-5H,2-3,7H2,1H3,(H,8,9)/t4-,5+/m1/s1. The summed E-state index contributed by atoms with van der Waals surface area (Å²) in [5.41, 5.74) is 2.10. The predicted molar refractivity (Wildman–Crippen MR) is 35.9 cm³/mol. The highest BCUT2D eigenvalue weighted by molar-refractivity contribution is 5.81. The van der Waals surface area contributed by atoms with E-state index in [9.17, 15) is 4.79 Å². The highest BCUT2D eigenvalue weighted by Gasteiger charge is 2.43. The fourth-order valence-corrected chi connectivity index (χ4v) is 0.953. The van der Waals surface area contributed by atoms with E-state index in [1.165, 1.54) is 0 Å². The van der Waals surface area contributed by atoms with Crippen LogP contribution >= 0.6 is 0 Å². The molecule has 0 bridgehead atoms. The maximum absolute atomic E-state index is 10.7. The van der Waals surface area contributed by atoms with Crippen LogP contribution < -0.4 is 11.3 Å². The Morgan fingerprint density at radius 2 is 2.60 bits per heavy atom. The Kier molecular flexibility index (Phi) is 2.24. The molecule has 0 unspecified atom stereocenters. The summed E-state index contributed by atoms with van der Waals surface area (Å²) in [6.07, 6.45) is 0.935. The number of nitrogens with one attached hydrogen (secondary N) is 1. The van der Waals surface area contributed by atoms with E-state index in [0.29, 0.717) is 6.61 Å². The summed E-state index contributed by atoms with van der Waals surface area (Å²) in [5.74, 6) is 4.81. The molecular weight excluding hydrogens is 132 g/mol. The Labute approximate surface area is 59.7 Å². The summed E-state index contributed by atoms with van der Waals surface area (Å²) in [4.78, 5) is 10.7. The van der Waals surface area contributed by atoms with E-state index in [2.05, 4.69) is 5.43 Å². The molecule has 2 atom stereocenters. The van der Waals surface area contributed by atoms with Crippen LogP contribution in [-0.2, 0) is 9.53 Å². The van der Waals surface area contributed by atoms with Crippen LogP contribution in [-0.4, -0.2) is 18.6 Å². The predicted octanol–water partition coefficient (Wildman–Crippen LogP) is -0.599. The summed E-state index contributed by atoms with van der Waals surface area (Å²) in [6, 6.07) is 0. The van der Waals surface area contributed by atoms with Crippen LogP contribution in [0.4, 0.5) is 0 Å². The molecule has 0 aromatic rings. The van der Waals surface area contributed by atoms with E-state index in [4.69, 9.17) is 10.6 Å². The van der Waals surface area contributed by atoms with Crippen LogP contribution in [0.2, 0.25) is 0 Å². The lowest BCUT2D eigenvalue weighted by Crippen LogP contribution is -2.32. The van der Waals surface area contributed by atoms with Gasteiger partial charge in [0.2, 0.25) is 5.91 Å². The van der Waals surface area contributed by atoms with Gasteiger partial charge in [0.15, 0.2) is 0 Å². The summed E-state index contributed by atoms with van der Waals surface area (Å²) in [7, 11) is 0. The molecule has 4 heteroatoms. The van der Waals surface area contributed by atoms with Gasteiger partial charge in [0.25, 0.3) is 0 Å². The number of amides is 1. The van der Waals surface area contributed by atoms with Crippen molar-refractivity contribution in [3.63, 3.8) is 0 Å². The smallest absolute Gasteiger partial charge is 0.239 e. The van der Waals surface area contributed by atoms with Crippen molar-refractivity contribution in [3.05, 3.63) is 0 Å². The fourth-order valence-electron chi connectivity index (χ4n) is 0.953. The van der Waals surface area contributed by atoms with E-state index in [1.54, 1.807) is 0 Å². The van der Waals surface area contributed by atoms with Crippen LogP contribution in [0.3, 0.4) is 0 Å². The second-order valence-electron chi connectivity index (χ2n) is 2.34. The molecule has 10 heavy (non-hydrogen) atoms. The molecule has 0 aromatic carbocycles. The molecule has 3 N–H and O–H groups in total. The van der Waals surface area contributed by atoms with Crippen LogP contribution in [0.1, 0.15) is 13.3 Å². The van der Waals surface area contributed by atoms with E-state index >= 15 is 0 Å². The van der Waals surface area contributed by atoms with Gasteiger partial charge in [-0.05, 0) is 13.3 Å². The van der Waals surface area contributed by atoms with E-state index in [-0.39, 0.29) is 17.9 Å². The molecule has 0 aliphatic heterocycles. The average molecular weight is 144 g/mol. The third-order valence-electron chi connectivity index (χ3n) is 1.59. The van der Waals surface area contributed by atoms with Gasteiger partial charge in [-0.2, -0.15) is 0 Å². The number of ether oxygens (including phenoxy) is 1. The topological polar surface area (TPSA) is 64.3 Å². The number of hydrazine groups is 1. The molecule has 0 saturated heterocycles. The van der Waals surface area contributed by atoms with Crippen molar-refractivity contribution < 1.29 is 9.53 Å². The lowest BCUT2D eigenvalue weighted by atomic mass is 10.4. The van der Waals surface area contributed by atoms with Gasteiger partial charge in [-0.3, -0.25) is 10.2 Å². The quantitative estimate of drug-likeness (QED) is 0.316. The fraction of sp³-hybridized carbons (Fsp3) is 0.833. The molecule has 1 aliphatic rings. The number of carbonyl (C=O) groups is 1. The van der Waals surface area contributed by atoms with Crippen molar-refractivity contribution >= 4 is 5.91 Å². The molecule has 0 spiro atoms. The zero-order valence-corrected chi connectivity index (χ0v) is 5.96. The van der Waals surface area contributed by atoms with Gasteiger partial charge in [-0.25, -0.2) is 5.84 Å². The first-order chi connectivity index (χ1) is 4.79. The minimum Gasteiger partial charge on any atom is -0.378 e. The third kappa shape index (κ3) is 1.46. The van der Waals surface area contributed by atoms with Gasteiger partial charge in [-0.1, -0.05) is 0 Å². The minimum absolute atomic E-state index is 0.00458. The molecule has 0 radical (unpaired) electrons. The van der Waals surface area contributed by atoms with Gasteiger partial charge < -0.3 is 4.74 Å². The summed E-state index contributed by atoms with van der Waals surface area (Å²) >= 11 is 0. The zero-order valence-electron chi connectivity index (χ0n) is 5.96. The van der Waals surface area contributed by atoms with E-state index in [1.807, 2.05) is 6.92 Å². The second kappa shape index (κ2) is 2.98. The summed E-state index contributed by atoms with van der Waals surface area (Å²) < 4.78 is 5.17. The molecule has 4 nitrogen and oxygen atoms in total. The van der Waals surface area contributed by atoms with Crippen molar-refractivity contribution in [1.29, 1.82) is 0 Å². The summed E-state index contributed by atoms with van der Waals surface area (Å²) in [5, 5.41) is 0. The third-order valence-corrected chi connectivity index (χ3v) is 1.59. The van der Waals surface area contributed by atoms with Crippen LogP contribution in [0, 0.1) is 5.92 Å². The van der Waals surface area contributed by atoms with Crippen LogP contribution in [0.25, 0.3) is 0 Å². The molecule has 1 rings (SSSR count). The number of rotatable bonds is 3. The average Bonchev–Trinajstić information content (AvgIpc) is 2.67. The molecule has 58 valence electrons. The maximum Gasteiger partial charge on any atom is 0.239 e. The monoisotopic (exact) mass is 144 g/mol. The van der Waals surface area contributed by atoms with Crippen molar-refractivity contribution in [1.82, 2.24) is 5.43 Å². The number of hydrogen-bond donors (Lipinski definition) is 2. The minimum atomic E-state index is -0.113. The lowest BCUT2D eigenvalue weighted by Gasteiger charge is -1.97. The van der Waals surface area contributed by atoms with Crippen LogP contribution in [0.15, 0.2) is 0 Å². The normalized spacial score (nSPS) is 29.8. The highest BCUT2D eigenvalue weighted by atomic mass is 16.5. The van der Waals surface area contributed by atoms with Crippen molar-refractivity contribution in [2.45, 2.75) is 19.4 Å². The molecule has 1 amide bonds. The maximum atomic E-state index is 10.7. The lowest BCUT2D eigenvalue weighted by molar-refractivity contribution is -0.123. The molecule has 0 heterocycles. The first-order valence-electron chi connectivity index (χ1n) is 3.41. The summed E-state index contributed by atoms with van der Waals surface area (Å²) in [6.45, 7) is 2.58. The van der Waals surface area contributed by atoms with Gasteiger partial charge in [0, 0.05) is 6.61 Å². The Balaban J connectivity index is 2.18. The van der Waals surface area contributed by atoms with Crippen molar-refractivity contribution in [2.75, 3.05) is 6.61 Å². The Hall–Kier alpha value is -0.610. The van der Waals surface area contributed by atoms with Crippen LogP contribution in [0.5, 0.6) is 0 Å². The first-order valence-corrected chi connectivity index (χ1v) is 3.41. The van der Waals surface area contributed by atoms with Gasteiger partial charge in [-0.15, -0.1) is 0 Å². The SMILES string of the molecule is CCO[C@H]1C[C@H]1C(=O)NN. The van der Waals surface area contributed by atoms with Gasteiger partial charge in [0.05, 0.1) is 12.0 Å². The van der Waals surface area contributed by atoms with Crippen molar-refractivity contribution in [3.8, 4) is 0 Å². The van der Waals surface area contributed by atoms with E-state index in [0.717, 1.165) is 6.42 Å². The largest absolute Gasteiger partial charge is 0.378 e. The van der Waals surface area contributed by atoms with Gasteiger partial charge >= 0.3 is 0 Å². The molecular formula is C6H12N2O2. The van der Waals surface area contributed by atoms with Crippen molar-refractivity contribution in [2.24, 2.45) is 11.8 Å². The number of hydrogen-bond acceptors (Lipinski definition) is 3. The van der Waals surface area contributed by atoms with E-state index < -0.39 is 0 Å². The molecule has 1 aliphatic carbocycles. The number of carbonyl (C=O) groups excluding carboxylic acids is 1. The second-order valence-corrected chi connectivity index (χ2v) is 2.34. The Morgan fingerprint density at radius 1 is 1.90 bits per heavy atom.